The van der Waals surface area contributed by atoms with Gasteiger partial charge in [0.1, 0.15) is 0 Å². The molecule has 1 heterocycles. The highest BCUT2D eigenvalue weighted by Gasteiger charge is 2.04. The van der Waals surface area contributed by atoms with Gasteiger partial charge in [0.05, 0.1) is 0 Å². The van der Waals surface area contributed by atoms with Crippen molar-refractivity contribution in [2.45, 2.75) is 26.2 Å². The average molecular weight is 164 g/mol. The van der Waals surface area contributed by atoms with E-state index in [-0.39, 0.29) is 0 Å². The van der Waals surface area contributed by atoms with Crippen LogP contribution in [0.25, 0.3) is 0 Å². The fraction of sp³-hybridized carbons (Fsp3) is 0.500. The fourth-order valence-corrected chi connectivity index (χ4v) is 1.24. The van der Waals surface area contributed by atoms with Crippen molar-refractivity contribution in [1.82, 2.24) is 4.98 Å². The second-order valence-electron chi connectivity index (χ2n) is 3.18. The van der Waals surface area contributed by atoms with E-state index in [1.165, 1.54) is 0 Å². The molecule has 1 atom stereocenters. The first-order valence-corrected chi connectivity index (χ1v) is 4.37. The Balaban J connectivity index is 2.73. The van der Waals surface area contributed by atoms with Crippen LogP contribution in [0.3, 0.4) is 0 Å². The van der Waals surface area contributed by atoms with E-state index in [0.717, 1.165) is 24.4 Å². The van der Waals surface area contributed by atoms with Gasteiger partial charge >= 0.3 is 0 Å². The Morgan fingerprint density at radius 2 is 2.25 bits per heavy atom. The van der Waals surface area contributed by atoms with Crippen LogP contribution in [0.4, 0.5) is 0 Å². The highest BCUT2D eigenvalue weighted by atomic mass is 14.7. The van der Waals surface area contributed by atoms with E-state index in [0.29, 0.717) is 5.92 Å². The number of pyridine rings is 1. The van der Waals surface area contributed by atoms with Crippen molar-refractivity contribution in [3.63, 3.8) is 0 Å². The molecule has 0 radical (unpaired) electrons. The van der Waals surface area contributed by atoms with E-state index in [1.54, 1.807) is 0 Å². The number of nitrogens with two attached hydrogens (primary N) is 1. The third kappa shape index (κ3) is 2.31. The molecule has 0 aliphatic rings. The van der Waals surface area contributed by atoms with Gasteiger partial charge in [0.25, 0.3) is 0 Å². The number of aryl methyl sites for hydroxylation is 1. The summed E-state index contributed by atoms with van der Waals surface area (Å²) in [6.07, 6.45) is 1.01. The van der Waals surface area contributed by atoms with Gasteiger partial charge in [-0.05, 0) is 37.9 Å². The zero-order valence-corrected chi connectivity index (χ0v) is 7.75. The molecule has 0 saturated heterocycles. The van der Waals surface area contributed by atoms with Crippen molar-refractivity contribution in [2.75, 3.05) is 6.54 Å². The second-order valence-corrected chi connectivity index (χ2v) is 3.18. The molecule has 0 aromatic carbocycles. The standard InChI is InChI=1S/C10H16N2/c1-8(6-7-11)10-5-3-4-9(2)12-10/h3-5,8H,6-7,11H2,1-2H3. The number of hydrogen-bond donors (Lipinski definition) is 1. The van der Waals surface area contributed by atoms with Crippen molar-refractivity contribution in [1.29, 1.82) is 0 Å². The van der Waals surface area contributed by atoms with Gasteiger partial charge in [0.2, 0.25) is 0 Å². The average Bonchev–Trinajstić information content (AvgIpc) is 2.05. The van der Waals surface area contributed by atoms with Crippen molar-refractivity contribution >= 4 is 0 Å². The summed E-state index contributed by atoms with van der Waals surface area (Å²) >= 11 is 0. The first-order valence-electron chi connectivity index (χ1n) is 4.37. The lowest BCUT2D eigenvalue weighted by atomic mass is 10.0. The van der Waals surface area contributed by atoms with Gasteiger partial charge in [-0.3, -0.25) is 4.98 Å². The zero-order valence-electron chi connectivity index (χ0n) is 7.75. The molecular weight excluding hydrogens is 148 g/mol. The van der Waals surface area contributed by atoms with Crippen molar-refractivity contribution in [3.05, 3.63) is 29.6 Å². The van der Waals surface area contributed by atoms with Gasteiger partial charge in [-0.2, -0.15) is 0 Å². The summed E-state index contributed by atoms with van der Waals surface area (Å²) < 4.78 is 0. The lowest BCUT2D eigenvalue weighted by Crippen LogP contribution is -2.06. The van der Waals surface area contributed by atoms with Crippen LogP contribution in [0.2, 0.25) is 0 Å². The van der Waals surface area contributed by atoms with Crippen LogP contribution in [0.15, 0.2) is 18.2 Å². The van der Waals surface area contributed by atoms with Crippen LogP contribution < -0.4 is 5.73 Å². The monoisotopic (exact) mass is 164 g/mol. The number of rotatable bonds is 3. The molecule has 0 aliphatic heterocycles. The minimum Gasteiger partial charge on any atom is -0.330 e. The predicted molar refractivity (Wildman–Crippen MR) is 51.1 cm³/mol. The molecule has 0 fully saturated rings. The van der Waals surface area contributed by atoms with E-state index in [4.69, 9.17) is 5.73 Å². The summed E-state index contributed by atoms with van der Waals surface area (Å²) in [6, 6.07) is 6.12. The molecule has 1 rings (SSSR count). The molecule has 0 aliphatic carbocycles. The molecule has 66 valence electrons. The highest BCUT2D eigenvalue weighted by molar-refractivity contribution is 5.13. The summed E-state index contributed by atoms with van der Waals surface area (Å²) in [4.78, 5) is 4.44. The van der Waals surface area contributed by atoms with Crippen molar-refractivity contribution in [2.24, 2.45) is 5.73 Å². The second kappa shape index (κ2) is 4.21. The molecule has 1 aromatic heterocycles. The molecule has 1 aromatic rings. The molecule has 1 unspecified atom stereocenters. The molecule has 0 bridgehead atoms. The molecule has 0 spiro atoms. The topological polar surface area (TPSA) is 38.9 Å². The van der Waals surface area contributed by atoms with E-state index in [2.05, 4.69) is 18.0 Å². The smallest absolute Gasteiger partial charge is 0.0435 e. The van der Waals surface area contributed by atoms with Gasteiger partial charge in [0.15, 0.2) is 0 Å². The third-order valence-electron chi connectivity index (χ3n) is 2.01. The van der Waals surface area contributed by atoms with Crippen LogP contribution in [0.5, 0.6) is 0 Å². The fourth-order valence-electron chi connectivity index (χ4n) is 1.24. The van der Waals surface area contributed by atoms with Crippen LogP contribution in [0.1, 0.15) is 30.7 Å². The van der Waals surface area contributed by atoms with Gasteiger partial charge in [-0.1, -0.05) is 13.0 Å². The predicted octanol–water partition coefficient (Wildman–Crippen LogP) is 1.84. The Kier molecular flexibility index (Phi) is 3.23. The van der Waals surface area contributed by atoms with Gasteiger partial charge in [0, 0.05) is 11.4 Å². The largest absolute Gasteiger partial charge is 0.330 e. The Morgan fingerprint density at radius 1 is 1.50 bits per heavy atom. The molecule has 0 saturated carbocycles. The lowest BCUT2D eigenvalue weighted by molar-refractivity contribution is 0.668. The summed E-state index contributed by atoms with van der Waals surface area (Å²) in [5, 5.41) is 0. The van der Waals surface area contributed by atoms with E-state index in [9.17, 15) is 0 Å². The van der Waals surface area contributed by atoms with Crippen LogP contribution in [-0.2, 0) is 0 Å². The molecule has 2 heteroatoms. The van der Waals surface area contributed by atoms with E-state index in [1.807, 2.05) is 19.1 Å². The Labute approximate surface area is 73.8 Å². The molecule has 2 nitrogen and oxygen atoms in total. The first kappa shape index (κ1) is 9.20. The third-order valence-corrected chi connectivity index (χ3v) is 2.01. The Hall–Kier alpha value is -0.890. The summed E-state index contributed by atoms with van der Waals surface area (Å²) in [7, 11) is 0. The maximum absolute atomic E-state index is 5.48. The number of aromatic nitrogens is 1. The van der Waals surface area contributed by atoms with Crippen LogP contribution >= 0.6 is 0 Å². The lowest BCUT2D eigenvalue weighted by Gasteiger charge is -2.09. The van der Waals surface area contributed by atoms with Crippen LogP contribution in [0, 0.1) is 6.92 Å². The highest BCUT2D eigenvalue weighted by Crippen LogP contribution is 2.15. The minimum absolute atomic E-state index is 0.481. The van der Waals surface area contributed by atoms with Crippen molar-refractivity contribution in [3.8, 4) is 0 Å². The molecular formula is C10H16N2. The van der Waals surface area contributed by atoms with Crippen molar-refractivity contribution < 1.29 is 0 Å². The van der Waals surface area contributed by atoms with Crippen LogP contribution in [-0.4, -0.2) is 11.5 Å². The van der Waals surface area contributed by atoms with Gasteiger partial charge in [-0.15, -0.1) is 0 Å². The molecule has 2 N–H and O–H groups in total. The molecule has 0 amide bonds. The Bertz CT molecular complexity index is 245. The summed E-state index contributed by atoms with van der Waals surface area (Å²) in [5.74, 6) is 0.481. The molecule has 12 heavy (non-hydrogen) atoms. The SMILES string of the molecule is Cc1cccc(C(C)CCN)n1. The zero-order chi connectivity index (χ0) is 8.97. The van der Waals surface area contributed by atoms with Gasteiger partial charge < -0.3 is 5.73 Å². The quantitative estimate of drug-likeness (QED) is 0.740. The normalized spacial score (nSPS) is 12.9. The summed E-state index contributed by atoms with van der Waals surface area (Å²) in [6.45, 7) is 4.91. The number of hydrogen-bond acceptors (Lipinski definition) is 2. The first-order chi connectivity index (χ1) is 5.74. The minimum atomic E-state index is 0.481. The maximum Gasteiger partial charge on any atom is 0.0435 e. The Morgan fingerprint density at radius 3 is 2.83 bits per heavy atom. The van der Waals surface area contributed by atoms with E-state index < -0.39 is 0 Å². The van der Waals surface area contributed by atoms with Gasteiger partial charge in [-0.25, -0.2) is 0 Å². The summed E-state index contributed by atoms with van der Waals surface area (Å²) in [5.41, 5.74) is 7.71. The maximum atomic E-state index is 5.48. The number of nitrogens with zero attached hydrogens (tertiary/aromatic N) is 1. The van der Waals surface area contributed by atoms with E-state index >= 15 is 0 Å².